The van der Waals surface area contributed by atoms with Crippen molar-refractivity contribution in [2.45, 2.75) is 46.2 Å². The second-order valence-electron chi connectivity index (χ2n) is 7.33. The lowest BCUT2D eigenvalue weighted by molar-refractivity contribution is -0.122. The molecule has 0 saturated heterocycles. The minimum absolute atomic E-state index is 0.0979. The van der Waals surface area contributed by atoms with Gasteiger partial charge in [0.2, 0.25) is 5.91 Å². The van der Waals surface area contributed by atoms with Gasteiger partial charge < -0.3 is 10.6 Å². The molecule has 152 valence electrons. The van der Waals surface area contributed by atoms with Crippen LogP contribution in [0.1, 0.15) is 50.5 Å². The van der Waals surface area contributed by atoms with Crippen molar-refractivity contribution in [3.05, 3.63) is 48.2 Å². The molecule has 2 aromatic heterocycles. The molecule has 0 fully saturated rings. The van der Waals surface area contributed by atoms with Gasteiger partial charge in [-0.05, 0) is 33.3 Å². The third kappa shape index (κ3) is 4.45. The maximum atomic E-state index is 13.1. The summed E-state index contributed by atoms with van der Waals surface area (Å²) in [6.07, 6.45) is 2.50. The Kier molecular flexibility index (Phi) is 6.26. The molecule has 2 amide bonds. The van der Waals surface area contributed by atoms with E-state index >= 15 is 0 Å². The normalized spacial score (nSPS) is 12.2. The molecular formula is C22H27N5O2. The lowest BCUT2D eigenvalue weighted by Gasteiger charge is -2.15. The average molecular weight is 393 g/mol. The fourth-order valence-corrected chi connectivity index (χ4v) is 3.08. The average Bonchev–Trinajstić information content (AvgIpc) is 3.16. The van der Waals surface area contributed by atoms with E-state index in [1.165, 1.54) is 0 Å². The molecule has 0 aliphatic heterocycles. The van der Waals surface area contributed by atoms with Gasteiger partial charge in [-0.1, -0.05) is 37.3 Å². The van der Waals surface area contributed by atoms with E-state index in [9.17, 15) is 9.59 Å². The number of hydrogen-bond acceptors (Lipinski definition) is 4. The largest absolute Gasteiger partial charge is 0.354 e. The van der Waals surface area contributed by atoms with Crippen LogP contribution in [0.25, 0.3) is 22.3 Å². The zero-order chi connectivity index (χ0) is 21.0. The summed E-state index contributed by atoms with van der Waals surface area (Å²) in [5, 5.41) is 10.7. The molecule has 29 heavy (non-hydrogen) atoms. The Bertz CT molecular complexity index is 1010. The van der Waals surface area contributed by atoms with E-state index in [2.05, 4.69) is 15.7 Å². The molecule has 1 atom stereocenters. The SMILES string of the molecule is CCCNC(=O)[C@@H](C)NC(=O)c1cc(-c2ccccc2)nc2c1cnn2C(C)C. The summed E-state index contributed by atoms with van der Waals surface area (Å²) in [5.74, 6) is -0.524. The summed E-state index contributed by atoms with van der Waals surface area (Å²) < 4.78 is 1.80. The van der Waals surface area contributed by atoms with E-state index < -0.39 is 6.04 Å². The van der Waals surface area contributed by atoms with Gasteiger partial charge in [0, 0.05) is 18.2 Å². The van der Waals surface area contributed by atoms with E-state index in [1.54, 1.807) is 23.9 Å². The van der Waals surface area contributed by atoms with E-state index in [0.29, 0.717) is 28.8 Å². The summed E-state index contributed by atoms with van der Waals surface area (Å²) in [4.78, 5) is 30.0. The summed E-state index contributed by atoms with van der Waals surface area (Å²) in [7, 11) is 0. The minimum Gasteiger partial charge on any atom is -0.354 e. The maximum Gasteiger partial charge on any atom is 0.252 e. The molecule has 0 unspecified atom stereocenters. The quantitative estimate of drug-likeness (QED) is 0.644. The fraction of sp³-hybridized carbons (Fsp3) is 0.364. The zero-order valence-corrected chi connectivity index (χ0v) is 17.3. The first kappa shape index (κ1) is 20.5. The van der Waals surface area contributed by atoms with Crippen molar-refractivity contribution < 1.29 is 9.59 Å². The highest BCUT2D eigenvalue weighted by atomic mass is 16.2. The standard InChI is InChI=1S/C22H27N5O2/c1-5-11-23-21(28)15(4)25-22(29)17-12-19(16-9-7-6-8-10-16)26-20-18(17)13-24-27(20)14(2)3/h6-10,12-15H,5,11H2,1-4H3,(H,23,28)(H,25,29)/t15-/m1/s1. The number of carbonyl (C=O) groups excluding carboxylic acids is 2. The first-order valence-corrected chi connectivity index (χ1v) is 9.94. The van der Waals surface area contributed by atoms with Crippen molar-refractivity contribution >= 4 is 22.8 Å². The van der Waals surface area contributed by atoms with Crippen LogP contribution in [0.5, 0.6) is 0 Å². The number of fused-ring (bicyclic) bond motifs is 1. The second kappa shape index (κ2) is 8.86. The van der Waals surface area contributed by atoms with Crippen LogP contribution in [0.4, 0.5) is 0 Å². The number of rotatable bonds is 7. The number of benzene rings is 1. The van der Waals surface area contributed by atoms with Crippen LogP contribution in [0.2, 0.25) is 0 Å². The number of nitrogens with one attached hydrogen (secondary N) is 2. The third-order valence-corrected chi connectivity index (χ3v) is 4.66. The van der Waals surface area contributed by atoms with Crippen LogP contribution in [0.3, 0.4) is 0 Å². The smallest absolute Gasteiger partial charge is 0.252 e. The van der Waals surface area contributed by atoms with Gasteiger partial charge in [0.15, 0.2) is 5.65 Å². The van der Waals surface area contributed by atoms with Gasteiger partial charge in [0.1, 0.15) is 6.04 Å². The summed E-state index contributed by atoms with van der Waals surface area (Å²) in [6, 6.07) is 10.9. The molecule has 0 radical (unpaired) electrons. The Morgan fingerprint density at radius 3 is 2.52 bits per heavy atom. The highest BCUT2D eigenvalue weighted by Crippen LogP contribution is 2.26. The molecule has 2 heterocycles. The van der Waals surface area contributed by atoms with Crippen LogP contribution in [0.15, 0.2) is 42.6 Å². The van der Waals surface area contributed by atoms with Gasteiger partial charge in [-0.15, -0.1) is 0 Å². The number of hydrogen-bond donors (Lipinski definition) is 2. The van der Waals surface area contributed by atoms with Gasteiger partial charge in [0.25, 0.3) is 5.91 Å². The van der Waals surface area contributed by atoms with Crippen LogP contribution in [0, 0.1) is 0 Å². The summed E-state index contributed by atoms with van der Waals surface area (Å²) in [5.41, 5.74) is 2.70. The number of amides is 2. The molecule has 0 aliphatic rings. The predicted octanol–water partition coefficient (Wildman–Crippen LogP) is 3.32. The van der Waals surface area contributed by atoms with Crippen molar-refractivity contribution in [2.24, 2.45) is 0 Å². The van der Waals surface area contributed by atoms with Crippen LogP contribution < -0.4 is 10.6 Å². The lowest BCUT2D eigenvalue weighted by atomic mass is 10.1. The monoisotopic (exact) mass is 393 g/mol. The van der Waals surface area contributed by atoms with E-state index in [4.69, 9.17) is 4.98 Å². The molecule has 0 spiro atoms. The number of carbonyl (C=O) groups is 2. The van der Waals surface area contributed by atoms with Crippen molar-refractivity contribution in [3.8, 4) is 11.3 Å². The Balaban J connectivity index is 2.01. The molecule has 7 nitrogen and oxygen atoms in total. The zero-order valence-electron chi connectivity index (χ0n) is 17.3. The predicted molar refractivity (Wildman–Crippen MR) is 114 cm³/mol. The van der Waals surface area contributed by atoms with Crippen LogP contribution in [-0.4, -0.2) is 39.2 Å². The molecule has 0 bridgehead atoms. The molecule has 0 aliphatic carbocycles. The Morgan fingerprint density at radius 1 is 1.14 bits per heavy atom. The highest BCUT2D eigenvalue weighted by Gasteiger charge is 2.21. The van der Waals surface area contributed by atoms with Gasteiger partial charge in [0.05, 0.1) is 22.8 Å². The van der Waals surface area contributed by atoms with Crippen molar-refractivity contribution in [2.75, 3.05) is 6.54 Å². The highest BCUT2D eigenvalue weighted by molar-refractivity contribution is 6.07. The van der Waals surface area contributed by atoms with E-state index in [-0.39, 0.29) is 17.9 Å². The Labute approximate surface area is 170 Å². The van der Waals surface area contributed by atoms with Gasteiger partial charge >= 0.3 is 0 Å². The van der Waals surface area contributed by atoms with E-state index in [0.717, 1.165) is 12.0 Å². The molecule has 1 aromatic carbocycles. The van der Waals surface area contributed by atoms with E-state index in [1.807, 2.05) is 51.1 Å². The van der Waals surface area contributed by atoms with Gasteiger partial charge in [-0.2, -0.15) is 5.10 Å². The van der Waals surface area contributed by atoms with Crippen molar-refractivity contribution in [3.63, 3.8) is 0 Å². The summed E-state index contributed by atoms with van der Waals surface area (Å²) >= 11 is 0. The number of nitrogens with zero attached hydrogens (tertiary/aromatic N) is 3. The van der Waals surface area contributed by atoms with Crippen LogP contribution in [-0.2, 0) is 4.79 Å². The molecule has 3 aromatic rings. The third-order valence-electron chi connectivity index (χ3n) is 4.66. The van der Waals surface area contributed by atoms with Crippen LogP contribution >= 0.6 is 0 Å². The minimum atomic E-state index is -0.641. The topological polar surface area (TPSA) is 88.9 Å². The Hall–Kier alpha value is -3.22. The van der Waals surface area contributed by atoms with Gasteiger partial charge in [-0.25, -0.2) is 9.67 Å². The first-order valence-electron chi connectivity index (χ1n) is 9.94. The second-order valence-corrected chi connectivity index (χ2v) is 7.33. The fourth-order valence-electron chi connectivity index (χ4n) is 3.08. The summed E-state index contributed by atoms with van der Waals surface area (Å²) in [6.45, 7) is 8.27. The number of aromatic nitrogens is 3. The number of pyridine rings is 1. The maximum absolute atomic E-state index is 13.1. The van der Waals surface area contributed by atoms with Crippen molar-refractivity contribution in [1.82, 2.24) is 25.4 Å². The molecule has 2 N–H and O–H groups in total. The van der Waals surface area contributed by atoms with Gasteiger partial charge in [-0.3, -0.25) is 9.59 Å². The van der Waals surface area contributed by atoms with Crippen molar-refractivity contribution in [1.29, 1.82) is 0 Å². The molecule has 3 rings (SSSR count). The molecule has 0 saturated carbocycles. The molecule has 7 heteroatoms. The molecular weight excluding hydrogens is 366 g/mol. The lowest BCUT2D eigenvalue weighted by Crippen LogP contribution is -2.45. The Morgan fingerprint density at radius 2 is 1.86 bits per heavy atom. The first-order chi connectivity index (χ1) is 13.9.